The highest BCUT2D eigenvalue weighted by Gasteiger charge is 2.41. The number of nitrogens with one attached hydrogen (secondary N) is 13. The van der Waals surface area contributed by atoms with Crippen LogP contribution >= 0.6 is 11.6 Å². The molecule has 0 saturated carbocycles. The zero-order chi connectivity index (χ0) is 80.1. The monoisotopic (exact) mass is 1530 g/mol. The van der Waals surface area contributed by atoms with Crippen LogP contribution in [0.15, 0.2) is 140 Å². The van der Waals surface area contributed by atoms with E-state index in [-0.39, 0.29) is 57.5 Å². The second-order valence-electron chi connectivity index (χ2n) is 27.3. The highest BCUT2D eigenvalue weighted by Crippen LogP contribution is 2.23. The van der Waals surface area contributed by atoms with E-state index in [2.05, 4.69) is 74.1 Å². The average Bonchev–Trinajstić information content (AvgIpc) is 1.77. The summed E-state index contributed by atoms with van der Waals surface area (Å²) in [5.74, 6) is -11.4. The van der Waals surface area contributed by atoms with Crippen molar-refractivity contribution in [2.45, 2.75) is 179 Å². The molecule has 7 rings (SSSR count). The van der Waals surface area contributed by atoms with E-state index in [4.69, 9.17) is 17.3 Å². The van der Waals surface area contributed by atoms with E-state index in [0.717, 1.165) is 17.7 Å². The van der Waals surface area contributed by atoms with Crippen molar-refractivity contribution in [2.75, 3.05) is 30.3 Å². The Balaban J connectivity index is 1.18. The van der Waals surface area contributed by atoms with E-state index >= 15 is 9.59 Å². The Morgan fingerprint density at radius 1 is 0.482 bits per heavy atom. The van der Waals surface area contributed by atoms with Gasteiger partial charge in [-0.2, -0.15) is 0 Å². The minimum atomic E-state index is -1.95. The minimum absolute atomic E-state index is 0.0152. The second-order valence-corrected chi connectivity index (χ2v) is 27.8. The fourth-order valence-electron chi connectivity index (χ4n) is 12.3. The van der Waals surface area contributed by atoms with Gasteiger partial charge >= 0.3 is 0 Å². The van der Waals surface area contributed by atoms with Crippen LogP contribution in [0.3, 0.4) is 0 Å². The Labute approximate surface area is 642 Å². The Morgan fingerprint density at radius 3 is 1.42 bits per heavy atom. The first-order valence-corrected chi connectivity index (χ1v) is 36.5. The molecular formula is C78H97ClN16O15. The number of rotatable bonds is 39. The van der Waals surface area contributed by atoms with Crippen LogP contribution in [0, 0.1) is 0 Å². The molecule has 110 heavy (non-hydrogen) atoms. The third-order valence-electron chi connectivity index (χ3n) is 17.8. The Hall–Kier alpha value is -11.7. The van der Waals surface area contributed by atoms with E-state index in [1.807, 2.05) is 56.3 Å². The molecule has 1 saturated heterocycles. The summed E-state index contributed by atoms with van der Waals surface area (Å²) in [6.07, 6.45) is 1.32. The summed E-state index contributed by atoms with van der Waals surface area (Å²) in [6, 6.07) is 22.1. The molecule has 1 aliphatic heterocycles. The molecular weight excluding hydrogens is 1440 g/mol. The molecule has 14 amide bonds. The van der Waals surface area contributed by atoms with Gasteiger partial charge in [-0.25, -0.2) is 0 Å². The van der Waals surface area contributed by atoms with Crippen molar-refractivity contribution in [2.24, 2.45) is 5.73 Å². The summed E-state index contributed by atoms with van der Waals surface area (Å²) in [6.45, 7) is 9.73. The van der Waals surface area contributed by atoms with Crippen molar-refractivity contribution in [3.63, 3.8) is 0 Å². The van der Waals surface area contributed by atoms with E-state index < -0.39 is 150 Å². The van der Waals surface area contributed by atoms with Crippen molar-refractivity contribution in [3.8, 4) is 0 Å². The molecule has 1 fully saturated rings. The topological polar surface area (TPSA) is 458 Å². The molecule has 1 aliphatic rings. The van der Waals surface area contributed by atoms with Gasteiger partial charge in [0, 0.05) is 101 Å². The normalized spacial score (nSPS) is 14.9. The highest BCUT2D eigenvalue weighted by atomic mass is 35.5. The van der Waals surface area contributed by atoms with Gasteiger partial charge < -0.3 is 84.9 Å². The third kappa shape index (κ3) is 27.5. The first kappa shape index (κ1) is 85.5. The molecule has 0 bridgehead atoms. The number of fused-ring (bicyclic) bond motifs is 1. The molecule has 586 valence electrons. The summed E-state index contributed by atoms with van der Waals surface area (Å²) in [5.41, 5.74) is 8.51. The molecule has 10 atom stereocenters. The van der Waals surface area contributed by atoms with Gasteiger partial charge in [-0.3, -0.25) is 72.1 Å². The summed E-state index contributed by atoms with van der Waals surface area (Å²) < 4.78 is 0. The van der Waals surface area contributed by atoms with Crippen LogP contribution in [0.1, 0.15) is 108 Å². The Kier molecular flexibility index (Phi) is 32.8. The number of amides is 14. The van der Waals surface area contributed by atoms with Gasteiger partial charge in [-0.05, 0) is 127 Å². The number of hydrogen-bond acceptors (Lipinski definition) is 17. The number of primary amides is 1. The van der Waals surface area contributed by atoms with Crippen molar-refractivity contribution >= 4 is 116 Å². The lowest BCUT2D eigenvalue weighted by molar-refractivity contribution is -0.143. The smallest absolute Gasteiger partial charge is 0.264 e. The van der Waals surface area contributed by atoms with Gasteiger partial charge in [0.05, 0.1) is 6.61 Å². The van der Waals surface area contributed by atoms with Crippen LogP contribution in [-0.4, -0.2) is 184 Å². The van der Waals surface area contributed by atoms with Crippen molar-refractivity contribution in [1.82, 2.24) is 68.4 Å². The SMILES string of the molecule is CC(=O)Nc1ccc(C[C@H](NC(=O)[C@H](CO)NC(=O)[C@@H](Cc2cccnc2)NC(=O)[C@@H](Cc2ccc(Cl)cc2)NC(=O)[C@@H](Cc2ccc3ccccc3c2)NC(C)=O)C(=O)N[C@H](Cc2ccc(NC(C)=O)cc2)C(=O)N[C@@H](NC(C)=O)C(=O)N[C@@H](CCCCNC(C)C)C(=O)N2CCC[C@@H]2C(=O)N[C@H](C)C(N)=O)cc1. The number of aromatic nitrogens is 1. The lowest BCUT2D eigenvalue weighted by Crippen LogP contribution is -2.64. The summed E-state index contributed by atoms with van der Waals surface area (Å²) in [5, 5.41) is 47.8. The quantitative estimate of drug-likeness (QED) is 0.0192. The predicted octanol–water partition coefficient (Wildman–Crippen LogP) is 1.45. The van der Waals surface area contributed by atoms with Crippen LogP contribution < -0.4 is 74.9 Å². The van der Waals surface area contributed by atoms with Crippen LogP contribution in [-0.2, 0) is 99.2 Å². The number of hydrogen-bond donors (Lipinski definition) is 15. The zero-order valence-corrected chi connectivity index (χ0v) is 63.1. The van der Waals surface area contributed by atoms with Crippen molar-refractivity contribution in [3.05, 3.63) is 173 Å². The maximum Gasteiger partial charge on any atom is 0.264 e. The fraction of sp³-hybridized carbons (Fsp3) is 0.397. The number of halogens is 1. The van der Waals surface area contributed by atoms with E-state index in [1.165, 1.54) is 93.5 Å². The number of nitrogens with zero attached hydrogens (tertiary/aromatic N) is 2. The van der Waals surface area contributed by atoms with Crippen molar-refractivity contribution in [1.29, 1.82) is 0 Å². The summed E-state index contributed by atoms with van der Waals surface area (Å²) in [4.78, 5) is 199. The maximum absolute atomic E-state index is 15.2. The van der Waals surface area contributed by atoms with E-state index in [0.29, 0.717) is 70.0 Å². The summed E-state index contributed by atoms with van der Waals surface area (Å²) in [7, 11) is 0. The van der Waals surface area contributed by atoms with Crippen LogP contribution in [0.5, 0.6) is 0 Å². The Morgan fingerprint density at radius 2 is 0.936 bits per heavy atom. The fourth-order valence-corrected chi connectivity index (χ4v) is 12.4. The number of aliphatic hydroxyl groups excluding tert-OH is 1. The number of carbonyl (C=O) groups excluding carboxylic acids is 14. The first-order valence-electron chi connectivity index (χ1n) is 36.2. The average molecular weight is 1530 g/mol. The lowest BCUT2D eigenvalue weighted by Gasteiger charge is -2.31. The molecule has 0 radical (unpaired) electrons. The molecule has 0 spiro atoms. The summed E-state index contributed by atoms with van der Waals surface area (Å²) >= 11 is 6.25. The van der Waals surface area contributed by atoms with E-state index in [9.17, 15) is 62.6 Å². The molecule has 1 aromatic heterocycles. The molecule has 0 unspecified atom stereocenters. The van der Waals surface area contributed by atoms with Crippen molar-refractivity contribution < 1.29 is 72.2 Å². The molecule has 0 aliphatic carbocycles. The molecule has 2 heterocycles. The van der Waals surface area contributed by atoms with Gasteiger partial charge in [0.2, 0.25) is 76.8 Å². The number of nitrogens with two attached hydrogens (primary N) is 1. The van der Waals surface area contributed by atoms with Gasteiger partial charge in [-0.15, -0.1) is 0 Å². The Bertz CT molecular complexity index is 4250. The lowest BCUT2D eigenvalue weighted by atomic mass is 9.99. The number of aliphatic hydroxyl groups is 1. The largest absolute Gasteiger partial charge is 0.394 e. The number of benzene rings is 5. The number of carbonyl (C=O) groups is 14. The van der Waals surface area contributed by atoms with Gasteiger partial charge in [0.15, 0.2) is 6.17 Å². The van der Waals surface area contributed by atoms with Crippen LogP contribution in [0.4, 0.5) is 11.4 Å². The van der Waals surface area contributed by atoms with Gasteiger partial charge in [-0.1, -0.05) is 110 Å². The predicted molar refractivity (Wildman–Crippen MR) is 410 cm³/mol. The molecule has 16 N–H and O–H groups in total. The standard InChI is InChI=1S/C78H97ClN16O15/c1-44(2)82-34-11-10-17-60(78(110)95-35-13-18-67(95)76(108)83-45(3)68(80)101)88-77(109)69(87-49(7)100)94-74(106)64(39-52-24-31-59(32-25-52)85-47(5)98)90-72(104)63(38-51-22-29-58(30-23-51)84-46(4)97)92-75(107)66(43-96)93-73(105)65(41-54-14-12-33-81-42-54)91-71(103)62(37-50-20-27-57(79)28-21-50)89-70(102)61(86-48(6)99)40-53-19-26-55-15-8-9-16-56(55)36-53/h8-9,12,14-16,19-33,36,42,44-45,60-67,69,82,96H,10-11,13,17-18,34-35,37-41,43H2,1-7H3,(H2,80,101)(H,83,108)(H,84,97)(H,85,98)(H,86,99)(H,87,100)(H,88,109)(H,89,102)(H,90,104)(H,91,103)(H,92,107)(H,93,105)(H,94,106)/t45-,60+,61-,62-,63+,64-,65-,66+,67-,69-/m1/s1. The zero-order valence-electron chi connectivity index (χ0n) is 62.3. The number of anilines is 2. The second kappa shape index (κ2) is 42.2. The minimum Gasteiger partial charge on any atom is -0.394 e. The molecule has 32 heteroatoms. The van der Waals surface area contributed by atoms with Gasteiger partial charge in [0.1, 0.15) is 54.4 Å². The van der Waals surface area contributed by atoms with Gasteiger partial charge in [0.25, 0.3) is 5.91 Å². The molecule has 5 aromatic carbocycles. The maximum atomic E-state index is 15.2. The third-order valence-corrected chi connectivity index (χ3v) is 18.1. The van der Waals surface area contributed by atoms with E-state index in [1.54, 1.807) is 36.4 Å². The molecule has 6 aromatic rings. The molecule has 31 nitrogen and oxygen atoms in total. The number of unbranched alkanes of at least 4 members (excludes halogenated alkanes) is 1. The number of likely N-dealkylation sites (tertiary alicyclic amines) is 1. The highest BCUT2D eigenvalue weighted by molar-refractivity contribution is 6.30. The van der Waals surface area contributed by atoms with Crippen LogP contribution in [0.2, 0.25) is 5.02 Å². The first-order chi connectivity index (χ1) is 52.4. The van der Waals surface area contributed by atoms with Crippen LogP contribution in [0.25, 0.3) is 10.8 Å². The number of pyridine rings is 1.